The van der Waals surface area contributed by atoms with Crippen molar-refractivity contribution in [1.29, 1.82) is 0 Å². The Kier molecular flexibility index (Phi) is 10.1. The predicted molar refractivity (Wildman–Crippen MR) is 157 cm³/mol. The molecule has 1 heterocycles. The Morgan fingerprint density at radius 3 is 2.49 bits per heavy atom. The molecule has 2 aromatic rings. The van der Waals surface area contributed by atoms with E-state index in [4.69, 9.17) is 9.47 Å². The third kappa shape index (κ3) is 7.30. The second kappa shape index (κ2) is 13.7. The lowest BCUT2D eigenvalue weighted by Gasteiger charge is -2.38. The Hall–Kier alpha value is -3.79. The quantitative estimate of drug-likeness (QED) is 0.430. The van der Waals surface area contributed by atoms with Crippen molar-refractivity contribution in [3.63, 3.8) is 0 Å². The van der Waals surface area contributed by atoms with Crippen molar-refractivity contribution in [1.82, 2.24) is 9.80 Å². The molecule has 3 atom stereocenters. The van der Waals surface area contributed by atoms with E-state index in [-0.39, 0.29) is 48.6 Å². The minimum Gasteiger partial charge on any atom is -0.497 e. The standard InChI is InChI=1S/C31H42N4O6/c1-20-17-35(21(2)19-36)30(38)25-11-8-12-26(33-29(37)22-9-6-5-7-10-22)28(25)41-27(20)18-34(3)31(39)32-23-13-15-24(40-4)16-14-23/h8,11-16,20-22,27,36H,5-7,9-10,17-19H2,1-4H3,(H,32,39)(H,33,37)/t20-,21+,27+/m0/s1. The zero-order chi connectivity index (χ0) is 29.5. The highest BCUT2D eigenvalue weighted by atomic mass is 16.5. The van der Waals surface area contributed by atoms with E-state index in [0.29, 0.717) is 29.2 Å². The fourth-order valence-electron chi connectivity index (χ4n) is 5.41. The van der Waals surface area contributed by atoms with E-state index in [2.05, 4.69) is 10.6 Å². The van der Waals surface area contributed by atoms with E-state index in [9.17, 15) is 19.5 Å². The van der Waals surface area contributed by atoms with Gasteiger partial charge >= 0.3 is 6.03 Å². The van der Waals surface area contributed by atoms with Gasteiger partial charge in [-0.05, 0) is 56.2 Å². The zero-order valence-corrected chi connectivity index (χ0v) is 24.4. The van der Waals surface area contributed by atoms with Crippen LogP contribution in [0.3, 0.4) is 0 Å². The molecular weight excluding hydrogens is 524 g/mol. The molecular formula is C31H42N4O6. The van der Waals surface area contributed by atoms with Crippen LogP contribution in [0.15, 0.2) is 42.5 Å². The average molecular weight is 567 g/mol. The van der Waals surface area contributed by atoms with Gasteiger partial charge in [0.15, 0.2) is 5.75 Å². The number of carbonyl (C=O) groups is 3. The van der Waals surface area contributed by atoms with Crippen LogP contribution < -0.4 is 20.1 Å². The van der Waals surface area contributed by atoms with Gasteiger partial charge in [0.2, 0.25) is 5.91 Å². The first-order valence-corrected chi connectivity index (χ1v) is 14.4. The van der Waals surface area contributed by atoms with E-state index in [1.165, 1.54) is 4.90 Å². The number of carbonyl (C=O) groups excluding carboxylic acids is 3. The van der Waals surface area contributed by atoms with Crippen molar-refractivity contribution in [2.24, 2.45) is 11.8 Å². The first-order valence-electron chi connectivity index (χ1n) is 14.4. The number of nitrogens with zero attached hydrogens (tertiary/aromatic N) is 2. The predicted octanol–water partition coefficient (Wildman–Crippen LogP) is 4.60. The van der Waals surface area contributed by atoms with Crippen molar-refractivity contribution in [3.05, 3.63) is 48.0 Å². The van der Waals surface area contributed by atoms with Gasteiger partial charge < -0.3 is 35.0 Å². The molecule has 2 aromatic carbocycles. The minimum atomic E-state index is -0.505. The first-order chi connectivity index (χ1) is 19.7. The zero-order valence-electron chi connectivity index (χ0n) is 24.4. The summed E-state index contributed by atoms with van der Waals surface area (Å²) in [6, 6.07) is 11.5. The number of fused-ring (bicyclic) bond motifs is 1. The van der Waals surface area contributed by atoms with Crippen LogP contribution in [0, 0.1) is 11.8 Å². The van der Waals surface area contributed by atoms with Crippen LogP contribution in [0.25, 0.3) is 0 Å². The normalized spacial score (nSPS) is 20.1. The second-order valence-electron chi connectivity index (χ2n) is 11.2. The molecule has 1 fully saturated rings. The van der Waals surface area contributed by atoms with E-state index < -0.39 is 12.1 Å². The lowest BCUT2D eigenvalue weighted by molar-refractivity contribution is -0.120. The molecule has 10 heteroatoms. The summed E-state index contributed by atoms with van der Waals surface area (Å²) in [6.45, 7) is 4.12. The summed E-state index contributed by atoms with van der Waals surface area (Å²) in [5.74, 6) is 0.368. The highest BCUT2D eigenvalue weighted by Gasteiger charge is 2.35. The molecule has 1 aliphatic heterocycles. The molecule has 1 aliphatic carbocycles. The van der Waals surface area contributed by atoms with Crippen molar-refractivity contribution < 1.29 is 29.0 Å². The number of ether oxygens (including phenoxy) is 2. The number of hydrogen-bond acceptors (Lipinski definition) is 6. The van der Waals surface area contributed by atoms with Crippen LogP contribution in [0.1, 0.15) is 56.3 Å². The summed E-state index contributed by atoms with van der Waals surface area (Å²) in [7, 11) is 3.27. The van der Waals surface area contributed by atoms with E-state index in [1.54, 1.807) is 68.4 Å². The van der Waals surface area contributed by atoms with Crippen LogP contribution in [0.4, 0.5) is 16.2 Å². The summed E-state index contributed by atoms with van der Waals surface area (Å²) >= 11 is 0. The molecule has 0 radical (unpaired) electrons. The first kappa shape index (κ1) is 30.2. The number of benzene rings is 2. The SMILES string of the molecule is COc1ccc(NC(=O)N(C)C[C@H]2Oc3c(NC(=O)C4CCCCC4)cccc3C(=O)N([C@H](C)CO)C[C@@H]2C)cc1. The number of methoxy groups -OCH3 is 1. The molecule has 3 N–H and O–H groups in total. The number of hydrogen-bond donors (Lipinski definition) is 3. The Morgan fingerprint density at radius 1 is 1.12 bits per heavy atom. The molecule has 1 saturated carbocycles. The molecule has 0 saturated heterocycles. The van der Waals surface area contributed by atoms with E-state index in [1.807, 2.05) is 6.92 Å². The van der Waals surface area contributed by atoms with Crippen molar-refractivity contribution in [2.75, 3.05) is 44.5 Å². The van der Waals surface area contributed by atoms with Gasteiger partial charge in [-0.2, -0.15) is 0 Å². The molecule has 0 unspecified atom stereocenters. The van der Waals surface area contributed by atoms with E-state index >= 15 is 0 Å². The average Bonchev–Trinajstić information content (AvgIpc) is 2.99. The van der Waals surface area contributed by atoms with Gasteiger partial charge in [-0.15, -0.1) is 0 Å². The number of aliphatic hydroxyl groups is 1. The lowest BCUT2D eigenvalue weighted by atomic mass is 9.88. The number of rotatable bonds is 8. The van der Waals surface area contributed by atoms with Crippen LogP contribution in [0.5, 0.6) is 11.5 Å². The van der Waals surface area contributed by atoms with Gasteiger partial charge in [0.25, 0.3) is 5.91 Å². The van der Waals surface area contributed by atoms with Gasteiger partial charge in [-0.1, -0.05) is 32.3 Å². The molecule has 2 aliphatic rings. The van der Waals surface area contributed by atoms with Gasteiger partial charge in [-0.3, -0.25) is 9.59 Å². The largest absolute Gasteiger partial charge is 0.497 e. The maximum absolute atomic E-state index is 13.7. The molecule has 0 aromatic heterocycles. The highest BCUT2D eigenvalue weighted by molar-refractivity contribution is 6.02. The van der Waals surface area contributed by atoms with Gasteiger partial charge in [-0.25, -0.2) is 4.79 Å². The number of para-hydroxylation sites is 1. The lowest BCUT2D eigenvalue weighted by Crippen LogP contribution is -2.50. The van der Waals surface area contributed by atoms with Gasteiger partial charge in [0.05, 0.1) is 37.6 Å². The number of nitrogens with one attached hydrogen (secondary N) is 2. The maximum Gasteiger partial charge on any atom is 0.321 e. The molecule has 10 nitrogen and oxygen atoms in total. The Morgan fingerprint density at radius 2 is 1.83 bits per heavy atom. The van der Waals surface area contributed by atoms with Crippen LogP contribution >= 0.6 is 0 Å². The summed E-state index contributed by atoms with van der Waals surface area (Å²) in [5, 5.41) is 15.8. The summed E-state index contributed by atoms with van der Waals surface area (Å²) in [4.78, 5) is 43.1. The molecule has 0 bridgehead atoms. The number of urea groups is 1. The molecule has 0 spiro atoms. The summed E-state index contributed by atoms with van der Waals surface area (Å²) in [6.07, 6.45) is 4.37. The van der Waals surface area contributed by atoms with Crippen LogP contribution in [0.2, 0.25) is 0 Å². The minimum absolute atomic E-state index is 0.0719. The van der Waals surface area contributed by atoms with Crippen LogP contribution in [-0.2, 0) is 4.79 Å². The third-order valence-corrected chi connectivity index (χ3v) is 8.07. The molecule has 4 amide bonds. The smallest absolute Gasteiger partial charge is 0.321 e. The second-order valence-corrected chi connectivity index (χ2v) is 11.2. The molecule has 4 rings (SSSR count). The monoisotopic (exact) mass is 566 g/mol. The number of likely N-dealkylation sites (N-methyl/N-ethyl adjacent to an activating group) is 1. The fourth-order valence-corrected chi connectivity index (χ4v) is 5.41. The third-order valence-electron chi connectivity index (χ3n) is 8.07. The molecule has 41 heavy (non-hydrogen) atoms. The van der Waals surface area contributed by atoms with Crippen molar-refractivity contribution in [3.8, 4) is 11.5 Å². The van der Waals surface area contributed by atoms with E-state index in [0.717, 1.165) is 32.1 Å². The van der Waals surface area contributed by atoms with Crippen molar-refractivity contribution in [2.45, 2.75) is 58.1 Å². The topological polar surface area (TPSA) is 120 Å². The maximum atomic E-state index is 13.7. The van der Waals surface area contributed by atoms with Crippen molar-refractivity contribution >= 4 is 29.2 Å². The van der Waals surface area contributed by atoms with Gasteiger partial charge in [0.1, 0.15) is 11.9 Å². The Balaban J connectivity index is 1.60. The van der Waals surface area contributed by atoms with Gasteiger partial charge in [0, 0.05) is 31.1 Å². The number of anilines is 2. The number of amides is 4. The summed E-state index contributed by atoms with van der Waals surface area (Å²) < 4.78 is 11.7. The molecule has 222 valence electrons. The highest BCUT2D eigenvalue weighted by Crippen LogP contribution is 2.36. The fraction of sp³-hybridized carbons (Fsp3) is 0.516. The Bertz CT molecular complexity index is 1210. The number of aliphatic hydroxyl groups excluding tert-OH is 1. The van der Waals surface area contributed by atoms with Crippen LogP contribution in [-0.4, -0.2) is 78.8 Å². The summed E-state index contributed by atoms with van der Waals surface area (Å²) in [5.41, 5.74) is 1.38. The Labute approximate surface area is 242 Å².